The normalized spacial score (nSPS) is 14.7. The van der Waals surface area contributed by atoms with Crippen LogP contribution in [0, 0.1) is 13.8 Å². The first kappa shape index (κ1) is 11.4. The lowest BCUT2D eigenvalue weighted by atomic mass is 10.1. The Balaban J connectivity index is 2.11. The molecule has 0 bridgehead atoms. The van der Waals surface area contributed by atoms with Crippen LogP contribution in [0.1, 0.15) is 24.0 Å². The number of benzene rings is 1. The molecule has 0 spiro atoms. The molecule has 0 unspecified atom stereocenters. The van der Waals surface area contributed by atoms with Crippen molar-refractivity contribution in [3.8, 4) is 0 Å². The lowest BCUT2D eigenvalue weighted by Crippen LogP contribution is -2.38. The van der Waals surface area contributed by atoms with E-state index in [1.165, 1.54) is 24.0 Å². The van der Waals surface area contributed by atoms with Crippen LogP contribution in [0.5, 0.6) is 0 Å². The molecule has 1 aromatic carbocycles. The second-order valence-corrected chi connectivity index (χ2v) is 5.02. The fraction of sp³-hybridized carbons (Fsp3) is 0.462. The van der Waals surface area contributed by atoms with E-state index in [9.17, 15) is 0 Å². The van der Waals surface area contributed by atoms with Crippen molar-refractivity contribution in [3.63, 3.8) is 0 Å². The van der Waals surface area contributed by atoms with Gasteiger partial charge in [-0.05, 0) is 62.2 Å². The van der Waals surface area contributed by atoms with Crippen LogP contribution in [0.3, 0.4) is 0 Å². The molecule has 0 saturated heterocycles. The van der Waals surface area contributed by atoms with Gasteiger partial charge in [-0.3, -0.25) is 0 Å². The predicted octanol–water partition coefficient (Wildman–Crippen LogP) is 2.78. The number of nitrogens with one attached hydrogen (secondary N) is 1. The van der Waals surface area contributed by atoms with E-state index < -0.39 is 0 Å². The summed E-state index contributed by atoms with van der Waals surface area (Å²) < 4.78 is 0. The van der Waals surface area contributed by atoms with E-state index in [4.69, 9.17) is 12.2 Å². The van der Waals surface area contributed by atoms with Crippen molar-refractivity contribution >= 4 is 23.0 Å². The Morgan fingerprint density at radius 2 is 1.81 bits per heavy atom. The minimum Gasteiger partial charge on any atom is -0.360 e. The second kappa shape index (κ2) is 4.42. The third-order valence-electron chi connectivity index (χ3n) is 2.80. The third kappa shape index (κ3) is 2.73. The number of rotatable bonds is 2. The topological polar surface area (TPSA) is 15.3 Å². The summed E-state index contributed by atoms with van der Waals surface area (Å²) in [5, 5.41) is 4.17. The first-order valence-electron chi connectivity index (χ1n) is 5.69. The van der Waals surface area contributed by atoms with Crippen molar-refractivity contribution in [3.05, 3.63) is 29.3 Å². The van der Waals surface area contributed by atoms with Crippen molar-refractivity contribution in [2.45, 2.75) is 32.7 Å². The van der Waals surface area contributed by atoms with E-state index in [2.05, 4.69) is 37.4 Å². The van der Waals surface area contributed by atoms with Gasteiger partial charge in [-0.15, -0.1) is 0 Å². The van der Waals surface area contributed by atoms with Gasteiger partial charge in [0.15, 0.2) is 5.11 Å². The molecule has 0 aromatic heterocycles. The smallest absolute Gasteiger partial charge is 0.173 e. The molecule has 1 fully saturated rings. The Labute approximate surface area is 103 Å². The van der Waals surface area contributed by atoms with Crippen molar-refractivity contribution in [2.24, 2.45) is 0 Å². The van der Waals surface area contributed by atoms with E-state index in [0.717, 1.165) is 10.8 Å². The first-order chi connectivity index (χ1) is 7.56. The van der Waals surface area contributed by atoms with Crippen LogP contribution in [0.15, 0.2) is 18.2 Å². The zero-order valence-electron chi connectivity index (χ0n) is 10.1. The molecular weight excluding hydrogens is 216 g/mol. The summed E-state index contributed by atoms with van der Waals surface area (Å²) >= 11 is 5.38. The molecule has 0 aliphatic heterocycles. The molecule has 1 aromatic rings. The minimum atomic E-state index is 0.612. The third-order valence-corrected chi connectivity index (χ3v) is 3.20. The van der Waals surface area contributed by atoms with Crippen LogP contribution in [-0.4, -0.2) is 18.2 Å². The molecule has 86 valence electrons. The molecule has 16 heavy (non-hydrogen) atoms. The van der Waals surface area contributed by atoms with Crippen LogP contribution < -0.4 is 10.2 Å². The fourth-order valence-corrected chi connectivity index (χ4v) is 2.03. The second-order valence-electron chi connectivity index (χ2n) is 4.63. The summed E-state index contributed by atoms with van der Waals surface area (Å²) in [5.41, 5.74) is 3.71. The Morgan fingerprint density at radius 1 is 1.25 bits per heavy atom. The number of thiocarbonyl (C=S) groups is 1. The highest BCUT2D eigenvalue weighted by atomic mass is 32.1. The summed E-state index contributed by atoms with van der Waals surface area (Å²) in [5.74, 6) is 0. The van der Waals surface area contributed by atoms with Crippen molar-refractivity contribution in [2.75, 3.05) is 11.9 Å². The number of hydrogen-bond acceptors (Lipinski definition) is 1. The van der Waals surface area contributed by atoms with E-state index in [0.29, 0.717) is 6.04 Å². The van der Waals surface area contributed by atoms with Crippen LogP contribution >= 0.6 is 12.2 Å². The van der Waals surface area contributed by atoms with Crippen LogP contribution in [0.25, 0.3) is 0 Å². The number of hydrogen-bond donors (Lipinski definition) is 1. The van der Waals surface area contributed by atoms with Gasteiger partial charge < -0.3 is 10.2 Å². The Hall–Kier alpha value is -1.09. The number of aryl methyl sites for hydroxylation is 2. The molecule has 2 rings (SSSR count). The Morgan fingerprint density at radius 3 is 2.31 bits per heavy atom. The standard InChI is InChI=1S/C13H18N2S/c1-9-6-10(2)8-12(7-9)15(3)13(16)14-11-4-5-11/h6-8,11H,4-5H2,1-3H3,(H,14,16). The van der Waals surface area contributed by atoms with Gasteiger partial charge >= 0.3 is 0 Å². The first-order valence-corrected chi connectivity index (χ1v) is 6.09. The van der Waals surface area contributed by atoms with E-state index in [1.54, 1.807) is 0 Å². The van der Waals surface area contributed by atoms with Gasteiger partial charge in [-0.2, -0.15) is 0 Å². The van der Waals surface area contributed by atoms with Gasteiger partial charge in [-0.25, -0.2) is 0 Å². The van der Waals surface area contributed by atoms with Crippen molar-refractivity contribution in [1.29, 1.82) is 0 Å². The van der Waals surface area contributed by atoms with Gasteiger partial charge in [-0.1, -0.05) is 6.07 Å². The predicted molar refractivity (Wildman–Crippen MR) is 73.1 cm³/mol. The van der Waals surface area contributed by atoms with Gasteiger partial charge in [0.1, 0.15) is 0 Å². The van der Waals surface area contributed by atoms with Crippen LogP contribution in [0.2, 0.25) is 0 Å². The molecule has 0 heterocycles. The van der Waals surface area contributed by atoms with Gasteiger partial charge in [0.25, 0.3) is 0 Å². The molecule has 1 aliphatic carbocycles. The maximum atomic E-state index is 5.38. The maximum Gasteiger partial charge on any atom is 0.173 e. The average Bonchev–Trinajstić information content (AvgIpc) is 2.99. The van der Waals surface area contributed by atoms with Crippen LogP contribution in [-0.2, 0) is 0 Å². The van der Waals surface area contributed by atoms with Crippen LogP contribution in [0.4, 0.5) is 5.69 Å². The molecule has 0 radical (unpaired) electrons. The summed E-state index contributed by atoms with van der Waals surface area (Å²) in [6.07, 6.45) is 2.50. The van der Waals surface area contributed by atoms with E-state index >= 15 is 0 Å². The van der Waals surface area contributed by atoms with Gasteiger partial charge in [0.05, 0.1) is 0 Å². The zero-order chi connectivity index (χ0) is 11.7. The fourth-order valence-electron chi connectivity index (χ4n) is 1.76. The quantitative estimate of drug-likeness (QED) is 0.792. The molecule has 1 aliphatic rings. The van der Waals surface area contributed by atoms with Crippen molar-refractivity contribution in [1.82, 2.24) is 5.32 Å². The maximum absolute atomic E-state index is 5.38. The summed E-state index contributed by atoms with van der Waals surface area (Å²) in [7, 11) is 2.02. The molecule has 0 amide bonds. The summed E-state index contributed by atoms with van der Waals surface area (Å²) in [6, 6.07) is 7.11. The lowest BCUT2D eigenvalue weighted by Gasteiger charge is -2.22. The van der Waals surface area contributed by atoms with Crippen molar-refractivity contribution < 1.29 is 0 Å². The molecule has 1 saturated carbocycles. The summed E-state index contributed by atoms with van der Waals surface area (Å²) in [6.45, 7) is 4.23. The molecule has 1 N–H and O–H groups in total. The Kier molecular flexibility index (Phi) is 3.15. The highest BCUT2D eigenvalue weighted by Crippen LogP contribution is 2.21. The SMILES string of the molecule is Cc1cc(C)cc(N(C)C(=S)NC2CC2)c1. The number of nitrogens with zero attached hydrogens (tertiary/aromatic N) is 1. The highest BCUT2D eigenvalue weighted by molar-refractivity contribution is 7.80. The largest absolute Gasteiger partial charge is 0.360 e. The summed E-state index contributed by atoms with van der Waals surface area (Å²) in [4.78, 5) is 2.05. The zero-order valence-corrected chi connectivity index (χ0v) is 10.9. The number of anilines is 1. The highest BCUT2D eigenvalue weighted by Gasteiger charge is 2.23. The monoisotopic (exact) mass is 234 g/mol. The van der Waals surface area contributed by atoms with Gasteiger partial charge in [0, 0.05) is 18.8 Å². The molecular formula is C13H18N2S. The van der Waals surface area contributed by atoms with Gasteiger partial charge in [0.2, 0.25) is 0 Å². The average molecular weight is 234 g/mol. The molecule has 2 nitrogen and oxygen atoms in total. The molecule has 0 atom stereocenters. The van der Waals surface area contributed by atoms with E-state index in [1.807, 2.05) is 11.9 Å². The van der Waals surface area contributed by atoms with E-state index in [-0.39, 0.29) is 0 Å². The molecule has 3 heteroatoms. The Bertz CT molecular complexity index is 390. The lowest BCUT2D eigenvalue weighted by molar-refractivity contribution is 0.901. The minimum absolute atomic E-state index is 0.612.